The molecule has 0 saturated heterocycles. The monoisotopic (exact) mass is 626 g/mol. The third kappa shape index (κ3) is 4.92. The molecule has 178 valence electrons. The van der Waals surface area contributed by atoms with Gasteiger partial charge in [0.1, 0.15) is 23.5 Å². The lowest BCUT2D eigenvalue weighted by Gasteiger charge is -2.13. The summed E-state index contributed by atoms with van der Waals surface area (Å²) in [5.74, 6) is 0.873. The first-order valence-electron chi connectivity index (χ1n) is 10.4. The van der Waals surface area contributed by atoms with Gasteiger partial charge in [0.25, 0.3) is 0 Å². The van der Waals surface area contributed by atoms with Gasteiger partial charge in [-0.1, -0.05) is 55.6 Å². The van der Waals surface area contributed by atoms with Gasteiger partial charge in [-0.2, -0.15) is 0 Å². The Morgan fingerprint density at radius 1 is 1.18 bits per heavy atom. The van der Waals surface area contributed by atoms with Crippen LogP contribution in [0.25, 0.3) is 5.00 Å². The van der Waals surface area contributed by atoms with Gasteiger partial charge in [0.15, 0.2) is 5.82 Å². The number of esters is 1. The molecule has 1 N–H and O–H groups in total. The number of nitrogens with zero attached hydrogens (tertiary/aromatic N) is 4. The second kappa shape index (κ2) is 10.4. The van der Waals surface area contributed by atoms with Crippen molar-refractivity contribution in [3.8, 4) is 5.00 Å². The molecule has 4 rings (SSSR count). The van der Waals surface area contributed by atoms with E-state index < -0.39 is 12.0 Å². The van der Waals surface area contributed by atoms with E-state index in [0.717, 1.165) is 33.2 Å². The summed E-state index contributed by atoms with van der Waals surface area (Å²) < 4.78 is 8.49. The number of aliphatic imine (C=N–C) groups is 1. The number of hydrogen-bond donors (Lipinski definition) is 1. The van der Waals surface area contributed by atoms with E-state index in [2.05, 4.69) is 55.9 Å². The molecule has 1 atom stereocenters. The van der Waals surface area contributed by atoms with Crippen LogP contribution in [0.2, 0.25) is 5.02 Å². The molecule has 0 aliphatic carbocycles. The van der Waals surface area contributed by atoms with E-state index in [4.69, 9.17) is 21.3 Å². The molecular formula is C23H21Br2ClN4O3S. The maximum absolute atomic E-state index is 12.8. The highest BCUT2D eigenvalue weighted by molar-refractivity contribution is 9.14. The Morgan fingerprint density at radius 2 is 1.88 bits per heavy atom. The fourth-order valence-corrected chi connectivity index (χ4v) is 5.35. The van der Waals surface area contributed by atoms with Crippen LogP contribution in [-0.2, 0) is 9.53 Å². The molecule has 0 amide bonds. The predicted octanol–water partition coefficient (Wildman–Crippen LogP) is 5.73. The van der Waals surface area contributed by atoms with Crippen LogP contribution in [0.3, 0.4) is 0 Å². The van der Waals surface area contributed by atoms with Crippen LogP contribution >= 0.6 is 54.8 Å². The van der Waals surface area contributed by atoms with Crippen LogP contribution in [-0.4, -0.2) is 44.8 Å². The van der Waals surface area contributed by atoms with E-state index in [0.29, 0.717) is 19.8 Å². The van der Waals surface area contributed by atoms with Crippen LogP contribution in [0.15, 0.2) is 38.2 Å². The summed E-state index contributed by atoms with van der Waals surface area (Å²) in [6.07, 6.45) is -0.0147. The summed E-state index contributed by atoms with van der Waals surface area (Å²) in [4.78, 5) is 19.0. The van der Waals surface area contributed by atoms with Gasteiger partial charge in [-0.05, 0) is 38.5 Å². The fourth-order valence-electron chi connectivity index (χ4n) is 3.66. The van der Waals surface area contributed by atoms with Crippen LogP contribution < -0.4 is 0 Å². The lowest BCUT2D eigenvalue weighted by atomic mass is 9.99. The number of fused-ring (bicyclic) bond motifs is 3. The average molecular weight is 629 g/mol. The van der Waals surface area contributed by atoms with Crippen LogP contribution in [0.5, 0.6) is 0 Å². The topological polar surface area (TPSA) is 89.6 Å². The highest BCUT2D eigenvalue weighted by Gasteiger charge is 2.32. The Balaban J connectivity index is 1.78. The quantitative estimate of drug-likeness (QED) is 0.353. The summed E-state index contributed by atoms with van der Waals surface area (Å²) in [5, 5.41) is 19.5. The molecule has 1 aliphatic rings. The normalized spacial score (nSPS) is 15.7. The van der Waals surface area contributed by atoms with E-state index in [1.165, 1.54) is 4.88 Å². The van der Waals surface area contributed by atoms with Gasteiger partial charge in [-0.15, -0.1) is 21.5 Å². The zero-order valence-corrected chi connectivity index (χ0v) is 23.3. The van der Waals surface area contributed by atoms with Crippen molar-refractivity contribution in [2.45, 2.75) is 33.2 Å². The molecule has 2 aromatic heterocycles. The summed E-state index contributed by atoms with van der Waals surface area (Å²) in [7, 11) is 0. The van der Waals surface area contributed by atoms with Gasteiger partial charge in [-0.3, -0.25) is 14.4 Å². The van der Waals surface area contributed by atoms with Gasteiger partial charge in [0.05, 0.1) is 18.7 Å². The first-order chi connectivity index (χ1) is 16.2. The van der Waals surface area contributed by atoms with Gasteiger partial charge in [0, 0.05) is 30.0 Å². The average Bonchev–Trinajstić information content (AvgIpc) is 3.29. The minimum Gasteiger partial charge on any atom is -0.460 e. The maximum Gasteiger partial charge on any atom is 0.308 e. The Labute approximate surface area is 222 Å². The molecule has 3 aromatic rings. The lowest BCUT2D eigenvalue weighted by molar-refractivity contribution is -0.142. The SMILES string of the molecule is Cc1sc2c(c1C)C(c1ccc(Cl)cc1)=N[C@@H](CC(=O)OC/C(Br)=C(\Br)CO)c1nnc(C)n1-2. The number of hydrogen-bond acceptors (Lipinski definition) is 7. The largest absolute Gasteiger partial charge is 0.460 e. The second-order valence-electron chi connectivity index (χ2n) is 7.74. The molecule has 1 aliphatic heterocycles. The summed E-state index contributed by atoms with van der Waals surface area (Å²) in [6, 6.07) is 6.93. The Morgan fingerprint density at radius 3 is 2.56 bits per heavy atom. The smallest absolute Gasteiger partial charge is 0.308 e. The summed E-state index contributed by atoms with van der Waals surface area (Å²) in [6.45, 7) is 5.85. The number of aryl methyl sites for hydroxylation is 2. The Bertz CT molecular complexity index is 1310. The van der Waals surface area contributed by atoms with Gasteiger partial charge < -0.3 is 9.84 Å². The maximum atomic E-state index is 12.8. The van der Waals surface area contributed by atoms with Crippen LogP contribution in [0.1, 0.15) is 45.7 Å². The van der Waals surface area contributed by atoms with Crippen molar-refractivity contribution in [3.05, 3.63) is 71.5 Å². The second-order valence-corrected chi connectivity index (χ2v) is 11.3. The van der Waals surface area contributed by atoms with Gasteiger partial charge >= 0.3 is 5.97 Å². The summed E-state index contributed by atoms with van der Waals surface area (Å²) >= 11 is 14.3. The third-order valence-electron chi connectivity index (χ3n) is 5.51. The number of aliphatic hydroxyl groups is 1. The number of thiophene rings is 1. The molecule has 0 saturated carbocycles. The van der Waals surface area contributed by atoms with E-state index in [1.807, 2.05) is 35.8 Å². The predicted molar refractivity (Wildman–Crippen MR) is 141 cm³/mol. The summed E-state index contributed by atoms with van der Waals surface area (Å²) in [5.41, 5.74) is 3.81. The van der Waals surface area contributed by atoms with Crippen molar-refractivity contribution < 1.29 is 14.6 Å². The van der Waals surface area contributed by atoms with E-state index in [1.54, 1.807) is 11.3 Å². The number of carbonyl (C=O) groups excluding carboxylic acids is 1. The molecular weight excluding hydrogens is 608 g/mol. The first kappa shape index (κ1) is 25.2. The van der Waals surface area contributed by atoms with Crippen LogP contribution in [0.4, 0.5) is 0 Å². The van der Waals surface area contributed by atoms with Crippen molar-refractivity contribution in [2.24, 2.45) is 4.99 Å². The minimum atomic E-state index is -0.595. The molecule has 34 heavy (non-hydrogen) atoms. The molecule has 7 nitrogen and oxygen atoms in total. The molecule has 11 heteroatoms. The van der Waals surface area contributed by atoms with E-state index in [-0.39, 0.29) is 19.6 Å². The van der Waals surface area contributed by atoms with Crippen molar-refractivity contribution >= 4 is 66.5 Å². The third-order valence-corrected chi connectivity index (χ3v) is 8.92. The molecule has 0 unspecified atom stereocenters. The zero-order chi connectivity index (χ0) is 24.6. The lowest BCUT2D eigenvalue weighted by Crippen LogP contribution is -2.14. The van der Waals surface area contributed by atoms with Gasteiger partial charge in [0.2, 0.25) is 0 Å². The van der Waals surface area contributed by atoms with Crippen molar-refractivity contribution in [3.63, 3.8) is 0 Å². The highest BCUT2D eigenvalue weighted by atomic mass is 79.9. The van der Waals surface area contributed by atoms with Crippen LogP contribution in [0, 0.1) is 20.8 Å². The number of aromatic nitrogens is 3. The number of benzene rings is 1. The molecule has 0 radical (unpaired) electrons. The van der Waals surface area contributed by atoms with E-state index in [9.17, 15) is 9.90 Å². The molecule has 3 heterocycles. The Kier molecular flexibility index (Phi) is 7.73. The fraction of sp³-hybridized carbons (Fsp3) is 0.304. The number of rotatable bonds is 6. The molecule has 0 bridgehead atoms. The van der Waals surface area contributed by atoms with E-state index >= 15 is 0 Å². The van der Waals surface area contributed by atoms with Crippen molar-refractivity contribution in [1.29, 1.82) is 0 Å². The number of aliphatic hydroxyl groups excluding tert-OH is 1. The highest BCUT2D eigenvalue weighted by Crippen LogP contribution is 2.39. The zero-order valence-electron chi connectivity index (χ0n) is 18.6. The van der Waals surface area contributed by atoms with Crippen molar-refractivity contribution in [1.82, 2.24) is 14.8 Å². The first-order valence-corrected chi connectivity index (χ1v) is 13.1. The van der Waals surface area contributed by atoms with Crippen molar-refractivity contribution in [2.75, 3.05) is 13.2 Å². The number of carbonyl (C=O) groups is 1. The molecule has 0 spiro atoms. The molecule has 0 fully saturated rings. The molecule has 1 aromatic carbocycles. The van der Waals surface area contributed by atoms with Gasteiger partial charge in [-0.25, -0.2) is 0 Å². The Hall–Kier alpha value is -1.85. The number of halogens is 3. The standard InChI is InChI=1S/C23H21Br2ClN4O3S/c1-11-12(2)34-23-20(11)21(14-4-6-15(26)7-5-14)27-18(22-29-28-13(3)30(22)23)8-19(32)33-10-17(25)16(24)9-31/h4-7,18,31H,8-10H2,1-3H3/b17-16+/t18-/m0/s1. The minimum absolute atomic E-state index is 0.00217. The number of ether oxygens (including phenoxy) is 1.